The molecule has 0 rings (SSSR count). The Balaban J connectivity index is 0. The van der Waals surface area contributed by atoms with Gasteiger partial charge in [-0.2, -0.15) is 0 Å². The van der Waals surface area contributed by atoms with E-state index in [0.29, 0.717) is 0 Å². The van der Waals surface area contributed by atoms with Gasteiger partial charge in [0.1, 0.15) is 0 Å². The minimum absolute atomic E-state index is 0. The molecular weight excluding hydrogens is 207 g/mol. The molecule has 0 fully saturated rings. The van der Waals surface area contributed by atoms with Crippen LogP contribution in [0.3, 0.4) is 0 Å². The van der Waals surface area contributed by atoms with Crippen LogP contribution >= 0.6 is 0 Å². The number of unbranched alkanes of at least 4 members (excludes halogenated alkanes) is 5. The Kier molecular flexibility index (Phi) is 13.9. The molecule has 0 aliphatic carbocycles. The van der Waals surface area contributed by atoms with Gasteiger partial charge in [0.05, 0.1) is 6.61 Å². The van der Waals surface area contributed by atoms with Crippen molar-refractivity contribution in [3.05, 3.63) is 0 Å². The quantitative estimate of drug-likeness (QED) is 0.210. The predicted octanol–water partition coefficient (Wildman–Crippen LogP) is -2.36. The first kappa shape index (κ1) is 17.3. The molecule has 0 N–H and O–H groups in total. The topological polar surface area (TPSA) is 66.4 Å². The summed E-state index contributed by atoms with van der Waals surface area (Å²) in [6.45, 7) is 2.32. The number of esters is 1. The van der Waals surface area contributed by atoms with Gasteiger partial charge in [0.2, 0.25) is 0 Å². The Morgan fingerprint density at radius 3 is 2.13 bits per heavy atom. The summed E-state index contributed by atoms with van der Waals surface area (Å²) in [5.74, 6) is -3.03. The van der Waals surface area contributed by atoms with Crippen LogP contribution in [0.25, 0.3) is 0 Å². The summed E-state index contributed by atoms with van der Waals surface area (Å²) in [4.78, 5) is 20.3. The van der Waals surface area contributed by atoms with Crippen molar-refractivity contribution in [3.8, 4) is 0 Å². The van der Waals surface area contributed by atoms with Gasteiger partial charge in [0.25, 0.3) is 0 Å². The van der Waals surface area contributed by atoms with E-state index in [-0.39, 0.29) is 36.2 Å². The van der Waals surface area contributed by atoms with E-state index in [4.69, 9.17) is 0 Å². The standard InChI is InChI=1S/C10H18O4.Na/c1-2-3-4-5-6-7-8-14-10(13)9(11)12;/h2-8H2,1H3,(H,11,12);/q;+1/p-1. The third-order valence-electron chi connectivity index (χ3n) is 1.90. The van der Waals surface area contributed by atoms with Gasteiger partial charge >= 0.3 is 35.5 Å². The first-order chi connectivity index (χ1) is 6.68. The Labute approximate surface area is 113 Å². The van der Waals surface area contributed by atoms with Gasteiger partial charge in [-0.1, -0.05) is 39.0 Å². The van der Waals surface area contributed by atoms with Gasteiger partial charge in [-0.05, 0) is 6.42 Å². The maximum Gasteiger partial charge on any atom is 1.00 e. The zero-order valence-corrected chi connectivity index (χ0v) is 11.6. The van der Waals surface area contributed by atoms with Crippen LogP contribution in [0.2, 0.25) is 0 Å². The van der Waals surface area contributed by atoms with Crippen molar-refractivity contribution >= 4 is 11.9 Å². The first-order valence-electron chi connectivity index (χ1n) is 5.06. The Morgan fingerprint density at radius 1 is 1.07 bits per heavy atom. The third-order valence-corrected chi connectivity index (χ3v) is 1.90. The number of hydrogen-bond acceptors (Lipinski definition) is 4. The summed E-state index contributed by atoms with van der Waals surface area (Å²) in [7, 11) is 0. The van der Waals surface area contributed by atoms with Crippen LogP contribution in [0, 0.1) is 0 Å². The molecular formula is C10H17NaO4. The van der Waals surface area contributed by atoms with Gasteiger partial charge in [-0.25, -0.2) is 4.79 Å². The largest absolute Gasteiger partial charge is 1.00 e. The molecule has 82 valence electrons. The molecule has 0 aromatic heterocycles. The molecule has 0 bridgehead atoms. The number of carbonyl (C=O) groups excluding carboxylic acids is 2. The molecule has 0 atom stereocenters. The van der Waals surface area contributed by atoms with E-state index in [0.717, 1.165) is 19.3 Å². The summed E-state index contributed by atoms with van der Waals surface area (Å²) in [5, 5.41) is 9.92. The molecule has 0 aliphatic rings. The molecule has 0 spiro atoms. The zero-order chi connectivity index (χ0) is 10.8. The molecule has 0 heterocycles. The SMILES string of the molecule is CCCCCCCCOC(=O)C(=O)[O-].[Na+]. The summed E-state index contributed by atoms with van der Waals surface area (Å²) in [6, 6.07) is 0. The number of rotatable bonds is 7. The summed E-state index contributed by atoms with van der Waals surface area (Å²) < 4.78 is 4.41. The molecule has 0 saturated heterocycles. The maximum absolute atomic E-state index is 10.4. The number of carboxylic acids is 1. The second-order valence-corrected chi connectivity index (χ2v) is 3.19. The molecule has 0 unspecified atom stereocenters. The monoisotopic (exact) mass is 224 g/mol. The van der Waals surface area contributed by atoms with Crippen molar-refractivity contribution in [2.45, 2.75) is 45.4 Å². The molecule has 0 aromatic rings. The number of carbonyl (C=O) groups is 2. The summed E-state index contributed by atoms with van der Waals surface area (Å²) in [6.07, 6.45) is 6.41. The van der Waals surface area contributed by atoms with E-state index >= 15 is 0 Å². The second kappa shape index (κ2) is 12.0. The second-order valence-electron chi connectivity index (χ2n) is 3.19. The van der Waals surface area contributed by atoms with Crippen molar-refractivity contribution in [3.63, 3.8) is 0 Å². The normalized spacial score (nSPS) is 9.13. The van der Waals surface area contributed by atoms with Gasteiger partial charge < -0.3 is 14.6 Å². The zero-order valence-electron chi connectivity index (χ0n) is 9.58. The van der Waals surface area contributed by atoms with Crippen molar-refractivity contribution < 1.29 is 49.0 Å². The average Bonchev–Trinajstić information content (AvgIpc) is 2.16. The van der Waals surface area contributed by atoms with Gasteiger partial charge in [-0.15, -0.1) is 0 Å². The van der Waals surface area contributed by atoms with Crippen molar-refractivity contribution in [1.29, 1.82) is 0 Å². The molecule has 0 aromatic carbocycles. The summed E-state index contributed by atoms with van der Waals surface area (Å²) in [5.41, 5.74) is 0. The van der Waals surface area contributed by atoms with Gasteiger partial charge in [0, 0.05) is 0 Å². The van der Waals surface area contributed by atoms with Crippen LogP contribution in [0.5, 0.6) is 0 Å². The smallest absolute Gasteiger partial charge is 0.539 e. The fraction of sp³-hybridized carbons (Fsp3) is 0.800. The van der Waals surface area contributed by atoms with Crippen LogP contribution in [0.15, 0.2) is 0 Å². The molecule has 0 aliphatic heterocycles. The number of ether oxygens (including phenoxy) is 1. The van der Waals surface area contributed by atoms with E-state index in [9.17, 15) is 14.7 Å². The third kappa shape index (κ3) is 11.9. The van der Waals surface area contributed by atoms with E-state index in [1.54, 1.807) is 0 Å². The molecule has 0 saturated carbocycles. The molecule has 0 radical (unpaired) electrons. The minimum atomic E-state index is -1.77. The fourth-order valence-electron chi connectivity index (χ4n) is 1.11. The van der Waals surface area contributed by atoms with Crippen LogP contribution in [-0.4, -0.2) is 18.5 Å². The van der Waals surface area contributed by atoms with Crippen molar-refractivity contribution in [1.82, 2.24) is 0 Å². The van der Waals surface area contributed by atoms with Crippen molar-refractivity contribution in [2.75, 3.05) is 6.61 Å². The van der Waals surface area contributed by atoms with Crippen LogP contribution in [0.1, 0.15) is 45.4 Å². The van der Waals surface area contributed by atoms with Crippen molar-refractivity contribution in [2.24, 2.45) is 0 Å². The Morgan fingerprint density at radius 2 is 1.60 bits per heavy atom. The molecule has 5 heteroatoms. The van der Waals surface area contributed by atoms with E-state index in [2.05, 4.69) is 11.7 Å². The molecule has 0 amide bonds. The number of hydrogen-bond donors (Lipinski definition) is 0. The molecule has 15 heavy (non-hydrogen) atoms. The van der Waals surface area contributed by atoms with E-state index in [1.807, 2.05) is 0 Å². The number of carboxylic acid groups (broad SMARTS) is 1. The predicted molar refractivity (Wildman–Crippen MR) is 49.3 cm³/mol. The Hall–Kier alpha value is -0.0600. The fourth-order valence-corrected chi connectivity index (χ4v) is 1.11. The average molecular weight is 224 g/mol. The van der Waals surface area contributed by atoms with E-state index in [1.165, 1.54) is 19.3 Å². The van der Waals surface area contributed by atoms with E-state index < -0.39 is 11.9 Å². The Bertz CT molecular complexity index is 182. The molecule has 4 nitrogen and oxygen atoms in total. The minimum Gasteiger partial charge on any atom is -0.539 e. The van der Waals surface area contributed by atoms with Crippen LogP contribution in [0.4, 0.5) is 0 Å². The van der Waals surface area contributed by atoms with Crippen LogP contribution < -0.4 is 34.7 Å². The van der Waals surface area contributed by atoms with Gasteiger partial charge in [-0.3, -0.25) is 0 Å². The maximum atomic E-state index is 10.4. The van der Waals surface area contributed by atoms with Crippen LogP contribution in [-0.2, 0) is 14.3 Å². The summed E-state index contributed by atoms with van der Waals surface area (Å²) >= 11 is 0. The number of aliphatic carboxylic acids is 1. The van der Waals surface area contributed by atoms with Gasteiger partial charge in [0.15, 0.2) is 5.97 Å². The first-order valence-corrected chi connectivity index (χ1v) is 5.06.